The SMILES string of the molecule is COc1ccc(-c2[nH]c3ccc(I)cc3c2CC(=O)O)cc1F. The molecule has 1 aromatic heterocycles. The first-order valence-corrected chi connectivity index (χ1v) is 7.93. The van der Waals surface area contributed by atoms with Crippen LogP contribution in [0.3, 0.4) is 0 Å². The zero-order chi connectivity index (χ0) is 16.6. The zero-order valence-corrected chi connectivity index (χ0v) is 14.3. The highest BCUT2D eigenvalue weighted by Crippen LogP contribution is 2.33. The smallest absolute Gasteiger partial charge is 0.307 e. The Kier molecular flexibility index (Phi) is 4.25. The van der Waals surface area contributed by atoms with Crippen molar-refractivity contribution in [1.29, 1.82) is 0 Å². The van der Waals surface area contributed by atoms with E-state index < -0.39 is 11.8 Å². The Morgan fingerprint density at radius 2 is 2.09 bits per heavy atom. The molecule has 2 N–H and O–H groups in total. The van der Waals surface area contributed by atoms with E-state index in [0.29, 0.717) is 16.8 Å². The lowest BCUT2D eigenvalue weighted by molar-refractivity contribution is -0.136. The van der Waals surface area contributed by atoms with E-state index in [9.17, 15) is 14.3 Å². The fourth-order valence-electron chi connectivity index (χ4n) is 2.62. The van der Waals surface area contributed by atoms with Crippen LogP contribution in [0.2, 0.25) is 0 Å². The van der Waals surface area contributed by atoms with Gasteiger partial charge in [-0.05, 0) is 64.6 Å². The maximum Gasteiger partial charge on any atom is 0.307 e. The molecule has 0 aliphatic heterocycles. The molecule has 118 valence electrons. The molecule has 0 aliphatic carbocycles. The zero-order valence-electron chi connectivity index (χ0n) is 12.2. The van der Waals surface area contributed by atoms with Gasteiger partial charge in [0.05, 0.1) is 19.2 Å². The number of rotatable bonds is 4. The van der Waals surface area contributed by atoms with Gasteiger partial charge < -0.3 is 14.8 Å². The Morgan fingerprint density at radius 3 is 2.74 bits per heavy atom. The third-order valence-corrected chi connectivity index (χ3v) is 4.31. The molecule has 0 bridgehead atoms. The van der Waals surface area contributed by atoms with E-state index in [4.69, 9.17) is 4.74 Å². The summed E-state index contributed by atoms with van der Waals surface area (Å²) < 4.78 is 19.9. The molecule has 3 rings (SSSR count). The number of aromatic nitrogens is 1. The third kappa shape index (κ3) is 3.03. The number of aromatic amines is 1. The van der Waals surface area contributed by atoms with Crippen molar-refractivity contribution in [2.45, 2.75) is 6.42 Å². The lowest BCUT2D eigenvalue weighted by atomic mass is 10.0. The number of carbonyl (C=O) groups is 1. The molecular weight excluding hydrogens is 412 g/mol. The molecule has 0 saturated heterocycles. The Bertz CT molecular complexity index is 904. The monoisotopic (exact) mass is 425 g/mol. The predicted octanol–water partition coefficient (Wildman–Crippen LogP) is 4.21. The second kappa shape index (κ2) is 6.19. The lowest BCUT2D eigenvalue weighted by Gasteiger charge is -2.06. The van der Waals surface area contributed by atoms with Crippen molar-refractivity contribution in [1.82, 2.24) is 4.98 Å². The molecule has 0 radical (unpaired) electrons. The number of hydrogen-bond acceptors (Lipinski definition) is 2. The van der Waals surface area contributed by atoms with E-state index in [-0.39, 0.29) is 12.2 Å². The summed E-state index contributed by atoms with van der Waals surface area (Å²) in [6.07, 6.45) is -0.136. The van der Waals surface area contributed by atoms with Crippen LogP contribution >= 0.6 is 22.6 Å². The molecule has 0 amide bonds. The summed E-state index contributed by atoms with van der Waals surface area (Å²) in [4.78, 5) is 14.4. The molecule has 1 heterocycles. The van der Waals surface area contributed by atoms with Crippen LogP contribution in [0, 0.1) is 9.39 Å². The number of hydrogen-bond donors (Lipinski definition) is 2. The Hall–Kier alpha value is -2.09. The van der Waals surface area contributed by atoms with Gasteiger partial charge in [-0.3, -0.25) is 4.79 Å². The molecule has 23 heavy (non-hydrogen) atoms. The van der Waals surface area contributed by atoms with Gasteiger partial charge in [0.15, 0.2) is 11.6 Å². The minimum atomic E-state index is -0.931. The highest BCUT2D eigenvalue weighted by Gasteiger charge is 2.17. The van der Waals surface area contributed by atoms with Gasteiger partial charge in [0.1, 0.15) is 0 Å². The van der Waals surface area contributed by atoms with Crippen molar-refractivity contribution >= 4 is 39.5 Å². The van der Waals surface area contributed by atoms with Crippen LogP contribution < -0.4 is 4.74 Å². The second-order valence-electron chi connectivity index (χ2n) is 5.09. The largest absolute Gasteiger partial charge is 0.494 e. The van der Waals surface area contributed by atoms with Gasteiger partial charge in [0, 0.05) is 20.0 Å². The quantitative estimate of drug-likeness (QED) is 0.616. The molecular formula is C17H13FINO3. The van der Waals surface area contributed by atoms with Gasteiger partial charge in [-0.1, -0.05) is 0 Å². The number of H-pyrrole nitrogens is 1. The maximum absolute atomic E-state index is 14.0. The fourth-order valence-corrected chi connectivity index (χ4v) is 3.11. The number of carboxylic acid groups (broad SMARTS) is 1. The first kappa shape index (κ1) is 15.8. The van der Waals surface area contributed by atoms with E-state index in [1.165, 1.54) is 19.2 Å². The normalized spacial score (nSPS) is 10.9. The summed E-state index contributed by atoms with van der Waals surface area (Å²) >= 11 is 2.18. The number of carboxylic acids is 1. The summed E-state index contributed by atoms with van der Waals surface area (Å²) in [5.41, 5.74) is 2.68. The third-order valence-electron chi connectivity index (χ3n) is 3.64. The van der Waals surface area contributed by atoms with Crippen molar-refractivity contribution in [3.63, 3.8) is 0 Å². The van der Waals surface area contributed by atoms with Crippen molar-refractivity contribution in [3.05, 3.63) is 51.3 Å². The van der Waals surface area contributed by atoms with Crippen molar-refractivity contribution < 1.29 is 19.0 Å². The molecule has 0 atom stereocenters. The molecule has 4 nitrogen and oxygen atoms in total. The molecule has 0 aliphatic rings. The Balaban J connectivity index is 2.23. The minimum Gasteiger partial charge on any atom is -0.494 e. The number of ether oxygens (including phenoxy) is 1. The van der Waals surface area contributed by atoms with Crippen LogP contribution in [0.5, 0.6) is 5.75 Å². The van der Waals surface area contributed by atoms with E-state index in [0.717, 1.165) is 14.5 Å². The lowest BCUT2D eigenvalue weighted by Crippen LogP contribution is -2.01. The molecule has 0 saturated carbocycles. The van der Waals surface area contributed by atoms with Crippen molar-refractivity contribution in [2.75, 3.05) is 7.11 Å². The number of fused-ring (bicyclic) bond motifs is 1. The van der Waals surface area contributed by atoms with Gasteiger partial charge in [-0.25, -0.2) is 4.39 Å². The Labute approximate surface area is 145 Å². The van der Waals surface area contributed by atoms with Crippen LogP contribution in [-0.4, -0.2) is 23.2 Å². The number of methoxy groups -OCH3 is 1. The van der Waals surface area contributed by atoms with Gasteiger partial charge in [0.25, 0.3) is 0 Å². The number of benzene rings is 2. The number of aliphatic carboxylic acids is 1. The maximum atomic E-state index is 14.0. The predicted molar refractivity (Wildman–Crippen MR) is 94.3 cm³/mol. The van der Waals surface area contributed by atoms with Crippen molar-refractivity contribution in [2.24, 2.45) is 0 Å². The summed E-state index contributed by atoms with van der Waals surface area (Å²) in [6, 6.07) is 10.3. The molecule has 3 aromatic rings. The van der Waals surface area contributed by atoms with Gasteiger partial charge in [0.2, 0.25) is 0 Å². The summed E-state index contributed by atoms with van der Waals surface area (Å²) in [5.74, 6) is -1.27. The highest BCUT2D eigenvalue weighted by atomic mass is 127. The van der Waals surface area contributed by atoms with E-state index in [1.54, 1.807) is 6.07 Å². The van der Waals surface area contributed by atoms with Crippen LogP contribution in [0.15, 0.2) is 36.4 Å². The average Bonchev–Trinajstić information content (AvgIpc) is 2.84. The number of nitrogens with one attached hydrogen (secondary N) is 1. The molecule has 0 fully saturated rings. The van der Waals surface area contributed by atoms with Crippen molar-refractivity contribution in [3.8, 4) is 17.0 Å². The van der Waals surface area contributed by atoms with Crippen LogP contribution in [0.4, 0.5) is 4.39 Å². The van der Waals surface area contributed by atoms with E-state index in [2.05, 4.69) is 27.6 Å². The van der Waals surface area contributed by atoms with Gasteiger partial charge >= 0.3 is 5.97 Å². The standard InChI is InChI=1S/C17H13FINO3/c1-23-15-5-2-9(6-13(15)18)17-12(8-16(21)22)11-7-10(19)3-4-14(11)20-17/h2-7,20H,8H2,1H3,(H,21,22). The first-order valence-electron chi connectivity index (χ1n) is 6.85. The molecule has 0 spiro atoms. The van der Waals surface area contributed by atoms with Gasteiger partial charge in [-0.2, -0.15) is 0 Å². The molecule has 2 aromatic carbocycles. The van der Waals surface area contributed by atoms with Crippen LogP contribution in [0.25, 0.3) is 22.2 Å². The summed E-state index contributed by atoms with van der Waals surface area (Å²) in [6.45, 7) is 0. The highest BCUT2D eigenvalue weighted by molar-refractivity contribution is 14.1. The summed E-state index contributed by atoms with van der Waals surface area (Å²) in [5, 5.41) is 10.1. The van der Waals surface area contributed by atoms with Crippen LogP contribution in [-0.2, 0) is 11.2 Å². The minimum absolute atomic E-state index is 0.136. The second-order valence-corrected chi connectivity index (χ2v) is 6.33. The summed E-state index contributed by atoms with van der Waals surface area (Å²) in [7, 11) is 1.40. The topological polar surface area (TPSA) is 62.3 Å². The fraction of sp³-hybridized carbons (Fsp3) is 0.118. The van der Waals surface area contributed by atoms with Gasteiger partial charge in [-0.15, -0.1) is 0 Å². The first-order chi connectivity index (χ1) is 11.0. The molecule has 6 heteroatoms. The Morgan fingerprint density at radius 1 is 1.30 bits per heavy atom. The molecule has 0 unspecified atom stereocenters. The average molecular weight is 425 g/mol. The van der Waals surface area contributed by atoms with E-state index in [1.807, 2.05) is 18.2 Å². The van der Waals surface area contributed by atoms with E-state index >= 15 is 0 Å². The van der Waals surface area contributed by atoms with Crippen LogP contribution in [0.1, 0.15) is 5.56 Å². The number of halogens is 2.